The van der Waals surface area contributed by atoms with Gasteiger partial charge in [0.2, 0.25) is 5.91 Å². The van der Waals surface area contributed by atoms with E-state index in [2.05, 4.69) is 27.4 Å². The summed E-state index contributed by atoms with van der Waals surface area (Å²) in [6.45, 7) is 6.35. The Morgan fingerprint density at radius 1 is 1.33 bits per heavy atom. The number of nitrogens with zero attached hydrogens (tertiary/aromatic N) is 3. The van der Waals surface area contributed by atoms with Gasteiger partial charge in [-0.15, -0.1) is 0 Å². The largest absolute Gasteiger partial charge is 0.371 e. The van der Waals surface area contributed by atoms with Crippen LogP contribution in [0.15, 0.2) is 30.3 Å². The van der Waals surface area contributed by atoms with Crippen molar-refractivity contribution in [2.75, 3.05) is 31.6 Å². The van der Waals surface area contributed by atoms with Crippen LogP contribution in [0.3, 0.4) is 0 Å². The SMILES string of the molecule is Cc1nn(C)c(C)c1NC(=O)CN1CCOC(c2ccccc2)C1. The van der Waals surface area contributed by atoms with Crippen molar-refractivity contribution in [3.8, 4) is 0 Å². The van der Waals surface area contributed by atoms with Gasteiger partial charge in [0, 0.05) is 20.1 Å². The Labute approximate surface area is 142 Å². The van der Waals surface area contributed by atoms with Crippen LogP contribution >= 0.6 is 0 Å². The molecule has 1 aliphatic heterocycles. The fraction of sp³-hybridized carbons (Fsp3) is 0.444. The van der Waals surface area contributed by atoms with Crippen LogP contribution in [-0.4, -0.2) is 46.8 Å². The molecule has 1 aliphatic rings. The summed E-state index contributed by atoms with van der Waals surface area (Å²) in [6.07, 6.45) is 0.0228. The number of amides is 1. The lowest BCUT2D eigenvalue weighted by Gasteiger charge is -2.32. The molecule has 1 amide bonds. The number of benzene rings is 1. The van der Waals surface area contributed by atoms with Crippen molar-refractivity contribution in [2.45, 2.75) is 20.0 Å². The summed E-state index contributed by atoms with van der Waals surface area (Å²) in [6, 6.07) is 10.2. The Hall–Kier alpha value is -2.18. The van der Waals surface area contributed by atoms with Crippen molar-refractivity contribution in [1.82, 2.24) is 14.7 Å². The van der Waals surface area contributed by atoms with Gasteiger partial charge in [0.1, 0.15) is 0 Å². The molecule has 0 aliphatic carbocycles. The number of anilines is 1. The standard InChI is InChI=1S/C18H24N4O2/c1-13-18(14(2)21(3)20-13)19-17(23)12-22-9-10-24-16(11-22)15-7-5-4-6-8-15/h4-8,16H,9-12H2,1-3H3,(H,19,23). The molecule has 24 heavy (non-hydrogen) atoms. The molecule has 1 saturated heterocycles. The average molecular weight is 328 g/mol. The average Bonchev–Trinajstić information content (AvgIpc) is 2.82. The molecule has 128 valence electrons. The molecular weight excluding hydrogens is 304 g/mol. The molecule has 0 spiro atoms. The topological polar surface area (TPSA) is 59.4 Å². The Morgan fingerprint density at radius 3 is 2.75 bits per heavy atom. The number of carbonyl (C=O) groups excluding carboxylic acids is 1. The zero-order chi connectivity index (χ0) is 17.1. The van der Waals surface area contributed by atoms with Crippen molar-refractivity contribution >= 4 is 11.6 Å². The van der Waals surface area contributed by atoms with E-state index in [9.17, 15) is 4.79 Å². The molecule has 1 aromatic carbocycles. The Balaban J connectivity index is 1.60. The summed E-state index contributed by atoms with van der Waals surface area (Å²) < 4.78 is 7.63. The van der Waals surface area contributed by atoms with E-state index in [0.717, 1.165) is 35.7 Å². The first-order chi connectivity index (χ1) is 11.5. The van der Waals surface area contributed by atoms with Crippen molar-refractivity contribution in [3.05, 3.63) is 47.3 Å². The van der Waals surface area contributed by atoms with E-state index in [1.54, 1.807) is 4.68 Å². The highest BCUT2D eigenvalue weighted by Crippen LogP contribution is 2.22. The maximum atomic E-state index is 12.4. The maximum Gasteiger partial charge on any atom is 0.238 e. The van der Waals surface area contributed by atoms with Crippen molar-refractivity contribution in [3.63, 3.8) is 0 Å². The highest BCUT2D eigenvalue weighted by Gasteiger charge is 2.24. The van der Waals surface area contributed by atoms with Crippen LogP contribution in [0, 0.1) is 13.8 Å². The van der Waals surface area contributed by atoms with E-state index in [1.165, 1.54) is 0 Å². The Kier molecular flexibility index (Phi) is 4.97. The summed E-state index contributed by atoms with van der Waals surface area (Å²) in [5.74, 6) is -0.0112. The third-order valence-electron chi connectivity index (χ3n) is 4.46. The van der Waals surface area contributed by atoms with E-state index in [-0.39, 0.29) is 12.0 Å². The summed E-state index contributed by atoms with van der Waals surface area (Å²) >= 11 is 0. The van der Waals surface area contributed by atoms with E-state index < -0.39 is 0 Å². The molecule has 6 nitrogen and oxygen atoms in total. The van der Waals surface area contributed by atoms with Crippen LogP contribution in [0.2, 0.25) is 0 Å². The number of morpholine rings is 1. The molecule has 1 N–H and O–H groups in total. The summed E-state index contributed by atoms with van der Waals surface area (Å²) in [5.41, 5.74) is 3.77. The predicted octanol–water partition coefficient (Wildman–Crippen LogP) is 2.05. The zero-order valence-corrected chi connectivity index (χ0v) is 14.5. The molecule has 2 aromatic rings. The van der Waals surface area contributed by atoms with Crippen LogP contribution in [0.4, 0.5) is 5.69 Å². The van der Waals surface area contributed by atoms with Gasteiger partial charge < -0.3 is 10.1 Å². The van der Waals surface area contributed by atoms with Crippen LogP contribution in [0.1, 0.15) is 23.1 Å². The molecule has 1 unspecified atom stereocenters. The van der Waals surface area contributed by atoms with Gasteiger partial charge in [0.05, 0.1) is 36.3 Å². The number of nitrogens with one attached hydrogen (secondary N) is 1. The normalized spacial score (nSPS) is 18.5. The molecule has 0 radical (unpaired) electrons. The monoisotopic (exact) mass is 328 g/mol. The van der Waals surface area contributed by atoms with Gasteiger partial charge in [0.15, 0.2) is 0 Å². The van der Waals surface area contributed by atoms with Crippen LogP contribution in [0.25, 0.3) is 0 Å². The fourth-order valence-electron chi connectivity index (χ4n) is 3.05. The lowest BCUT2D eigenvalue weighted by atomic mass is 10.1. The first-order valence-corrected chi connectivity index (χ1v) is 8.23. The van der Waals surface area contributed by atoms with Gasteiger partial charge in [-0.25, -0.2) is 0 Å². The number of aromatic nitrogens is 2. The minimum atomic E-state index is -0.0112. The third kappa shape index (κ3) is 3.66. The number of ether oxygens (including phenoxy) is 1. The molecule has 2 heterocycles. The number of rotatable bonds is 4. The molecule has 0 saturated carbocycles. The van der Waals surface area contributed by atoms with Crippen molar-refractivity contribution < 1.29 is 9.53 Å². The number of carbonyl (C=O) groups is 1. The van der Waals surface area contributed by atoms with E-state index in [4.69, 9.17) is 4.74 Å². The minimum Gasteiger partial charge on any atom is -0.371 e. The second-order valence-corrected chi connectivity index (χ2v) is 6.22. The smallest absolute Gasteiger partial charge is 0.238 e. The van der Waals surface area contributed by atoms with Gasteiger partial charge in [-0.3, -0.25) is 14.4 Å². The first kappa shape index (κ1) is 16.7. The first-order valence-electron chi connectivity index (χ1n) is 8.23. The highest BCUT2D eigenvalue weighted by molar-refractivity contribution is 5.93. The van der Waals surface area contributed by atoms with Gasteiger partial charge in [0.25, 0.3) is 0 Å². The Morgan fingerprint density at radius 2 is 2.08 bits per heavy atom. The molecule has 0 bridgehead atoms. The van der Waals surface area contributed by atoms with Gasteiger partial charge >= 0.3 is 0 Å². The van der Waals surface area contributed by atoms with Crippen LogP contribution in [0.5, 0.6) is 0 Å². The zero-order valence-electron chi connectivity index (χ0n) is 14.5. The van der Waals surface area contributed by atoms with Gasteiger partial charge in [-0.05, 0) is 19.4 Å². The van der Waals surface area contributed by atoms with E-state index >= 15 is 0 Å². The molecule has 6 heteroatoms. The fourth-order valence-corrected chi connectivity index (χ4v) is 3.05. The van der Waals surface area contributed by atoms with Crippen LogP contribution < -0.4 is 5.32 Å². The van der Waals surface area contributed by atoms with Gasteiger partial charge in [-0.2, -0.15) is 5.10 Å². The molecule has 1 atom stereocenters. The molecule has 1 fully saturated rings. The number of aryl methyl sites for hydroxylation is 2. The lowest BCUT2D eigenvalue weighted by Crippen LogP contribution is -2.42. The van der Waals surface area contributed by atoms with Crippen molar-refractivity contribution in [1.29, 1.82) is 0 Å². The lowest BCUT2D eigenvalue weighted by molar-refractivity contribution is -0.119. The second-order valence-electron chi connectivity index (χ2n) is 6.22. The van der Waals surface area contributed by atoms with E-state index in [1.807, 2.05) is 39.1 Å². The Bertz CT molecular complexity index is 711. The molecular formula is C18H24N4O2. The summed E-state index contributed by atoms with van der Waals surface area (Å²) in [7, 11) is 1.88. The summed E-state index contributed by atoms with van der Waals surface area (Å²) in [4.78, 5) is 14.5. The van der Waals surface area contributed by atoms with Crippen LogP contribution in [-0.2, 0) is 16.6 Å². The van der Waals surface area contributed by atoms with Gasteiger partial charge in [-0.1, -0.05) is 30.3 Å². The minimum absolute atomic E-state index is 0.0112. The van der Waals surface area contributed by atoms with E-state index in [0.29, 0.717) is 13.2 Å². The predicted molar refractivity (Wildman–Crippen MR) is 92.9 cm³/mol. The quantitative estimate of drug-likeness (QED) is 0.933. The third-order valence-corrected chi connectivity index (χ3v) is 4.46. The highest BCUT2D eigenvalue weighted by atomic mass is 16.5. The van der Waals surface area contributed by atoms with Crippen molar-refractivity contribution in [2.24, 2.45) is 7.05 Å². The number of hydrogen-bond donors (Lipinski definition) is 1. The maximum absolute atomic E-state index is 12.4. The molecule has 1 aromatic heterocycles. The summed E-state index contributed by atoms with van der Waals surface area (Å²) in [5, 5.41) is 7.33. The molecule has 3 rings (SSSR count). The number of hydrogen-bond acceptors (Lipinski definition) is 4. The second kappa shape index (κ2) is 7.15.